The highest BCUT2D eigenvalue weighted by atomic mass is 16.2. The van der Waals surface area contributed by atoms with Crippen LogP contribution in [-0.2, 0) is 4.79 Å². The predicted molar refractivity (Wildman–Crippen MR) is 103 cm³/mol. The molecule has 0 spiro atoms. The van der Waals surface area contributed by atoms with Gasteiger partial charge in [-0.3, -0.25) is 4.79 Å². The molecule has 0 aliphatic heterocycles. The molecule has 0 saturated heterocycles. The van der Waals surface area contributed by atoms with Crippen molar-refractivity contribution in [2.45, 2.75) is 39.5 Å². The number of nitrogens with zero attached hydrogens (tertiary/aromatic N) is 1. The van der Waals surface area contributed by atoms with Crippen LogP contribution in [0.15, 0.2) is 48.5 Å². The lowest BCUT2D eigenvalue weighted by molar-refractivity contribution is -0.114. The van der Waals surface area contributed by atoms with Crippen molar-refractivity contribution in [3.63, 3.8) is 0 Å². The zero-order valence-corrected chi connectivity index (χ0v) is 15.3. The number of para-hydroxylation sites is 2. The molecule has 0 fully saturated rings. The number of rotatable bonds is 6. The van der Waals surface area contributed by atoms with E-state index < -0.39 is 0 Å². The maximum Gasteiger partial charge on any atom is 0.243 e. The van der Waals surface area contributed by atoms with Crippen LogP contribution < -0.4 is 10.2 Å². The molecule has 2 aromatic carbocycles. The van der Waals surface area contributed by atoms with E-state index >= 15 is 0 Å². The Hall–Kier alpha value is -2.29. The van der Waals surface area contributed by atoms with E-state index in [4.69, 9.17) is 0 Å². The van der Waals surface area contributed by atoms with Gasteiger partial charge in [0.25, 0.3) is 0 Å². The number of carbonyl (C=O) groups is 1. The van der Waals surface area contributed by atoms with Gasteiger partial charge in [-0.05, 0) is 35.1 Å². The van der Waals surface area contributed by atoms with Gasteiger partial charge >= 0.3 is 0 Å². The monoisotopic (exact) mass is 324 g/mol. The van der Waals surface area contributed by atoms with Crippen LogP contribution in [0.1, 0.15) is 50.7 Å². The molecule has 0 saturated carbocycles. The minimum absolute atomic E-state index is 0.0105. The molecule has 128 valence electrons. The molecule has 3 heteroatoms. The second-order valence-corrected chi connectivity index (χ2v) is 6.86. The summed E-state index contributed by atoms with van der Waals surface area (Å²) < 4.78 is 0. The molecule has 0 aromatic heterocycles. The van der Waals surface area contributed by atoms with Crippen LogP contribution in [0.5, 0.6) is 0 Å². The van der Waals surface area contributed by atoms with E-state index in [0.29, 0.717) is 18.4 Å². The molecule has 3 nitrogen and oxygen atoms in total. The van der Waals surface area contributed by atoms with Crippen LogP contribution in [0.4, 0.5) is 11.4 Å². The van der Waals surface area contributed by atoms with E-state index in [0.717, 1.165) is 11.4 Å². The maximum atomic E-state index is 12.6. The molecule has 0 radical (unpaired) electrons. The van der Waals surface area contributed by atoms with Crippen molar-refractivity contribution < 1.29 is 4.79 Å². The van der Waals surface area contributed by atoms with Gasteiger partial charge in [0.1, 0.15) is 0 Å². The summed E-state index contributed by atoms with van der Waals surface area (Å²) in [6.45, 7) is 8.96. The van der Waals surface area contributed by atoms with Crippen LogP contribution in [0.25, 0.3) is 0 Å². The van der Waals surface area contributed by atoms with E-state index in [1.165, 1.54) is 11.1 Å². The van der Waals surface area contributed by atoms with Crippen LogP contribution in [0, 0.1) is 0 Å². The third-order valence-corrected chi connectivity index (χ3v) is 4.22. The Labute approximate surface area is 145 Å². The minimum Gasteiger partial charge on any atom is -0.365 e. The molecule has 0 bridgehead atoms. The van der Waals surface area contributed by atoms with Crippen LogP contribution >= 0.6 is 0 Å². The van der Waals surface area contributed by atoms with Crippen LogP contribution in [0.3, 0.4) is 0 Å². The van der Waals surface area contributed by atoms with Gasteiger partial charge in [-0.2, -0.15) is 0 Å². The first-order chi connectivity index (χ1) is 11.4. The van der Waals surface area contributed by atoms with Gasteiger partial charge in [-0.15, -0.1) is 0 Å². The lowest BCUT2D eigenvalue weighted by Gasteiger charge is -2.22. The molecule has 0 heterocycles. The van der Waals surface area contributed by atoms with Crippen molar-refractivity contribution in [1.29, 1.82) is 0 Å². The van der Waals surface area contributed by atoms with E-state index in [9.17, 15) is 4.79 Å². The topological polar surface area (TPSA) is 32.3 Å². The van der Waals surface area contributed by atoms with E-state index in [2.05, 4.69) is 51.2 Å². The molecular formula is C21H28N2O. The Bertz CT molecular complexity index is 651. The molecule has 0 aliphatic rings. The minimum atomic E-state index is 0.0105. The summed E-state index contributed by atoms with van der Waals surface area (Å²) in [5, 5.41) is 3.16. The molecule has 2 rings (SSSR count). The normalized spacial score (nSPS) is 11.0. The summed E-state index contributed by atoms with van der Waals surface area (Å²) in [4.78, 5) is 14.6. The van der Waals surface area contributed by atoms with Crippen molar-refractivity contribution in [2.75, 3.05) is 23.8 Å². The Kier molecular flexibility index (Phi) is 6.02. The second kappa shape index (κ2) is 8.00. The molecular weight excluding hydrogens is 296 g/mol. The fourth-order valence-corrected chi connectivity index (χ4v) is 2.86. The summed E-state index contributed by atoms with van der Waals surface area (Å²) in [6, 6.07) is 16.2. The van der Waals surface area contributed by atoms with Gasteiger partial charge in [-0.25, -0.2) is 0 Å². The highest BCUT2D eigenvalue weighted by Gasteiger charge is 2.16. The van der Waals surface area contributed by atoms with Crippen molar-refractivity contribution in [2.24, 2.45) is 0 Å². The third kappa shape index (κ3) is 4.38. The molecule has 2 aromatic rings. The Balaban J connectivity index is 2.19. The molecule has 0 unspecified atom stereocenters. The fraction of sp³-hybridized carbons (Fsp3) is 0.381. The largest absolute Gasteiger partial charge is 0.365 e. The third-order valence-electron chi connectivity index (χ3n) is 4.22. The molecule has 1 N–H and O–H groups in total. The SMILES string of the molecule is CC(C)c1cccc(C(C)C)c1NC(=O)CN(C)c1ccccc1. The Morgan fingerprint density at radius 3 is 1.96 bits per heavy atom. The summed E-state index contributed by atoms with van der Waals surface area (Å²) in [5.74, 6) is 0.744. The van der Waals surface area contributed by atoms with E-state index in [1.54, 1.807) is 0 Å². The number of benzene rings is 2. The van der Waals surface area contributed by atoms with Crippen LogP contribution in [-0.4, -0.2) is 19.5 Å². The van der Waals surface area contributed by atoms with Crippen molar-refractivity contribution in [3.8, 4) is 0 Å². The first-order valence-electron chi connectivity index (χ1n) is 8.59. The van der Waals surface area contributed by atoms with E-state index in [1.807, 2.05) is 42.3 Å². The zero-order valence-electron chi connectivity index (χ0n) is 15.3. The van der Waals surface area contributed by atoms with Gasteiger partial charge in [0.05, 0.1) is 6.54 Å². The standard InChI is InChI=1S/C21H28N2O/c1-15(2)18-12-9-13-19(16(3)4)21(18)22-20(24)14-23(5)17-10-7-6-8-11-17/h6-13,15-16H,14H2,1-5H3,(H,22,24). The van der Waals surface area contributed by atoms with Gasteiger partial charge in [-0.1, -0.05) is 64.1 Å². The molecule has 0 aliphatic carbocycles. The quantitative estimate of drug-likeness (QED) is 0.810. The maximum absolute atomic E-state index is 12.6. The molecule has 24 heavy (non-hydrogen) atoms. The Morgan fingerprint density at radius 1 is 0.917 bits per heavy atom. The van der Waals surface area contributed by atoms with Gasteiger partial charge < -0.3 is 10.2 Å². The molecule has 1 amide bonds. The number of likely N-dealkylation sites (N-methyl/N-ethyl adjacent to an activating group) is 1. The van der Waals surface area contributed by atoms with E-state index in [-0.39, 0.29) is 5.91 Å². The number of hydrogen-bond acceptors (Lipinski definition) is 2. The first-order valence-corrected chi connectivity index (χ1v) is 8.59. The summed E-state index contributed by atoms with van der Waals surface area (Å²) in [7, 11) is 1.94. The van der Waals surface area contributed by atoms with Crippen molar-refractivity contribution in [1.82, 2.24) is 0 Å². The fourth-order valence-electron chi connectivity index (χ4n) is 2.86. The van der Waals surface area contributed by atoms with Crippen molar-refractivity contribution in [3.05, 3.63) is 59.7 Å². The number of amides is 1. The average molecular weight is 324 g/mol. The second-order valence-electron chi connectivity index (χ2n) is 6.86. The van der Waals surface area contributed by atoms with Gasteiger partial charge in [0.2, 0.25) is 5.91 Å². The highest BCUT2D eigenvalue weighted by Crippen LogP contribution is 2.32. The number of hydrogen-bond donors (Lipinski definition) is 1. The number of nitrogens with one attached hydrogen (secondary N) is 1. The summed E-state index contributed by atoms with van der Waals surface area (Å²) in [6.07, 6.45) is 0. The number of anilines is 2. The Morgan fingerprint density at radius 2 is 1.46 bits per heavy atom. The lowest BCUT2D eigenvalue weighted by Crippen LogP contribution is -2.30. The highest BCUT2D eigenvalue weighted by molar-refractivity contribution is 5.95. The number of carbonyl (C=O) groups excluding carboxylic acids is 1. The molecule has 0 atom stereocenters. The summed E-state index contributed by atoms with van der Waals surface area (Å²) in [5.41, 5.74) is 4.40. The van der Waals surface area contributed by atoms with Gasteiger partial charge in [0, 0.05) is 18.4 Å². The zero-order chi connectivity index (χ0) is 17.7. The smallest absolute Gasteiger partial charge is 0.243 e. The summed E-state index contributed by atoms with van der Waals surface area (Å²) >= 11 is 0. The van der Waals surface area contributed by atoms with Crippen molar-refractivity contribution >= 4 is 17.3 Å². The average Bonchev–Trinajstić information content (AvgIpc) is 2.55. The predicted octanol–water partition coefficient (Wildman–Crippen LogP) is 5.01. The van der Waals surface area contributed by atoms with Crippen LogP contribution in [0.2, 0.25) is 0 Å². The lowest BCUT2D eigenvalue weighted by atomic mass is 9.92. The first kappa shape index (κ1) is 18.1. The van der Waals surface area contributed by atoms with Gasteiger partial charge in [0.15, 0.2) is 0 Å².